The summed E-state index contributed by atoms with van der Waals surface area (Å²) in [5.74, 6) is -1.67. The fourth-order valence-electron chi connectivity index (χ4n) is 2.84. The van der Waals surface area contributed by atoms with Gasteiger partial charge in [-0.3, -0.25) is 9.69 Å². The number of amides is 1. The molecule has 1 aliphatic heterocycles. The Bertz CT molecular complexity index is 651. The van der Waals surface area contributed by atoms with Gasteiger partial charge in [0.25, 0.3) is 0 Å². The number of ether oxygens (including phenoxy) is 2. The number of rotatable bonds is 6. The molecular weight excluding hydrogens is 365 g/mol. The molecule has 1 aliphatic rings. The van der Waals surface area contributed by atoms with Gasteiger partial charge in [0.2, 0.25) is 0 Å². The summed E-state index contributed by atoms with van der Waals surface area (Å²) >= 11 is 0. The molecule has 0 saturated carbocycles. The molecule has 1 aromatic carbocycles. The highest BCUT2D eigenvalue weighted by Crippen LogP contribution is 2.22. The van der Waals surface area contributed by atoms with Crippen LogP contribution in [0.5, 0.6) is 5.75 Å². The Morgan fingerprint density at radius 3 is 2.22 bits per heavy atom. The minimum atomic E-state index is -4.84. The maximum atomic E-state index is 12.4. The summed E-state index contributed by atoms with van der Waals surface area (Å²) in [5, 5.41) is 0. The number of benzene rings is 1. The van der Waals surface area contributed by atoms with Crippen LogP contribution in [0.1, 0.15) is 11.1 Å². The molecule has 1 saturated heterocycles. The summed E-state index contributed by atoms with van der Waals surface area (Å²) < 4.78 is 47.8. The summed E-state index contributed by atoms with van der Waals surface area (Å²) in [7, 11) is 0. The first kappa shape index (κ1) is 21.0. The molecule has 1 heterocycles. The standard InChI is InChI=1S/C18H23F3N2O4/c1-13-4-3-5-14(2)16(13)27-12-15(24)26-11-10-22-6-8-23(9-7-22)17(25)18(19,20)21/h3-5H,6-12H2,1-2H3. The first-order chi connectivity index (χ1) is 12.7. The van der Waals surface area contributed by atoms with Crippen LogP contribution in [0.4, 0.5) is 13.2 Å². The molecule has 0 atom stereocenters. The Morgan fingerprint density at radius 2 is 1.67 bits per heavy atom. The number of hydrogen-bond acceptors (Lipinski definition) is 5. The van der Waals surface area contributed by atoms with Crippen LogP contribution in [0.3, 0.4) is 0 Å². The minimum Gasteiger partial charge on any atom is -0.481 e. The summed E-state index contributed by atoms with van der Waals surface area (Å²) in [6, 6.07) is 5.67. The molecule has 1 amide bonds. The Balaban J connectivity index is 1.66. The quantitative estimate of drug-likeness (QED) is 0.697. The first-order valence-electron chi connectivity index (χ1n) is 8.61. The van der Waals surface area contributed by atoms with Crippen LogP contribution in [-0.2, 0) is 14.3 Å². The van der Waals surface area contributed by atoms with Gasteiger partial charge in [-0.1, -0.05) is 18.2 Å². The monoisotopic (exact) mass is 388 g/mol. The average molecular weight is 388 g/mol. The summed E-state index contributed by atoms with van der Waals surface area (Å²) in [6.07, 6.45) is -4.84. The number of nitrogens with zero attached hydrogens (tertiary/aromatic N) is 2. The van der Waals surface area contributed by atoms with E-state index in [1.54, 1.807) is 0 Å². The van der Waals surface area contributed by atoms with E-state index in [4.69, 9.17) is 9.47 Å². The van der Waals surface area contributed by atoms with Gasteiger partial charge in [0.05, 0.1) is 0 Å². The van der Waals surface area contributed by atoms with Gasteiger partial charge < -0.3 is 14.4 Å². The Labute approximate surface area is 155 Å². The van der Waals surface area contributed by atoms with Crippen molar-refractivity contribution in [2.24, 2.45) is 0 Å². The highest BCUT2D eigenvalue weighted by molar-refractivity contribution is 5.81. The van der Waals surface area contributed by atoms with Gasteiger partial charge >= 0.3 is 18.1 Å². The van der Waals surface area contributed by atoms with Crippen LogP contribution < -0.4 is 4.74 Å². The molecule has 0 aromatic heterocycles. The van der Waals surface area contributed by atoms with Crippen molar-refractivity contribution in [2.45, 2.75) is 20.0 Å². The molecule has 27 heavy (non-hydrogen) atoms. The van der Waals surface area contributed by atoms with E-state index in [0.717, 1.165) is 16.0 Å². The van der Waals surface area contributed by atoms with Crippen molar-refractivity contribution in [3.8, 4) is 5.75 Å². The van der Waals surface area contributed by atoms with Crippen LogP contribution in [-0.4, -0.2) is 73.8 Å². The van der Waals surface area contributed by atoms with Crippen molar-refractivity contribution >= 4 is 11.9 Å². The number of carbonyl (C=O) groups excluding carboxylic acids is 2. The number of para-hydroxylation sites is 1. The van der Waals surface area contributed by atoms with Gasteiger partial charge in [0.1, 0.15) is 12.4 Å². The summed E-state index contributed by atoms with van der Waals surface area (Å²) in [4.78, 5) is 25.6. The van der Waals surface area contributed by atoms with E-state index in [0.29, 0.717) is 25.4 Å². The van der Waals surface area contributed by atoms with Gasteiger partial charge in [0.15, 0.2) is 6.61 Å². The van der Waals surface area contributed by atoms with E-state index >= 15 is 0 Å². The van der Waals surface area contributed by atoms with Gasteiger partial charge in [-0.2, -0.15) is 13.2 Å². The summed E-state index contributed by atoms with van der Waals surface area (Å²) in [5.41, 5.74) is 1.85. The normalized spacial score (nSPS) is 15.5. The van der Waals surface area contributed by atoms with Crippen molar-refractivity contribution in [1.82, 2.24) is 9.80 Å². The molecule has 2 rings (SSSR count). The van der Waals surface area contributed by atoms with Crippen LogP contribution in [0.2, 0.25) is 0 Å². The fourth-order valence-corrected chi connectivity index (χ4v) is 2.84. The largest absolute Gasteiger partial charge is 0.481 e. The van der Waals surface area contributed by atoms with E-state index in [1.807, 2.05) is 36.9 Å². The zero-order chi connectivity index (χ0) is 20.0. The molecule has 150 valence electrons. The van der Waals surface area contributed by atoms with E-state index in [-0.39, 0.29) is 26.3 Å². The van der Waals surface area contributed by atoms with Gasteiger partial charge in [0, 0.05) is 32.7 Å². The molecule has 0 bridgehead atoms. The SMILES string of the molecule is Cc1cccc(C)c1OCC(=O)OCCN1CCN(C(=O)C(F)(F)F)CC1. The van der Waals surface area contributed by atoms with Crippen LogP contribution >= 0.6 is 0 Å². The van der Waals surface area contributed by atoms with E-state index in [9.17, 15) is 22.8 Å². The fraction of sp³-hybridized carbons (Fsp3) is 0.556. The zero-order valence-corrected chi connectivity index (χ0v) is 15.3. The molecule has 1 fully saturated rings. The second kappa shape index (κ2) is 9.07. The molecular formula is C18H23F3N2O4. The number of carbonyl (C=O) groups is 2. The Morgan fingerprint density at radius 1 is 1.07 bits per heavy atom. The lowest BCUT2D eigenvalue weighted by atomic mass is 10.1. The van der Waals surface area contributed by atoms with Crippen molar-refractivity contribution in [3.05, 3.63) is 29.3 Å². The predicted octanol–water partition coefficient (Wildman–Crippen LogP) is 1.93. The van der Waals surface area contributed by atoms with Gasteiger partial charge in [-0.05, 0) is 25.0 Å². The molecule has 1 aromatic rings. The lowest BCUT2D eigenvalue weighted by molar-refractivity contribution is -0.187. The summed E-state index contributed by atoms with van der Waals surface area (Å²) in [6.45, 7) is 4.68. The van der Waals surface area contributed by atoms with Crippen molar-refractivity contribution in [3.63, 3.8) is 0 Å². The lowest BCUT2D eigenvalue weighted by Crippen LogP contribution is -2.52. The minimum absolute atomic E-state index is 0.00195. The highest BCUT2D eigenvalue weighted by atomic mass is 19.4. The van der Waals surface area contributed by atoms with E-state index < -0.39 is 18.1 Å². The number of esters is 1. The van der Waals surface area contributed by atoms with E-state index in [1.165, 1.54) is 0 Å². The number of aryl methyl sites for hydroxylation is 2. The van der Waals surface area contributed by atoms with Crippen LogP contribution in [0, 0.1) is 13.8 Å². The molecule has 9 heteroatoms. The van der Waals surface area contributed by atoms with Gasteiger partial charge in [-0.25, -0.2) is 4.79 Å². The van der Waals surface area contributed by atoms with Crippen molar-refractivity contribution < 1.29 is 32.2 Å². The third-order valence-corrected chi connectivity index (χ3v) is 4.32. The third-order valence-electron chi connectivity index (χ3n) is 4.32. The van der Waals surface area contributed by atoms with E-state index in [2.05, 4.69) is 0 Å². The molecule has 0 radical (unpaired) electrons. The Kier molecular flexibility index (Phi) is 7.06. The lowest BCUT2D eigenvalue weighted by Gasteiger charge is -2.34. The first-order valence-corrected chi connectivity index (χ1v) is 8.61. The third kappa shape index (κ3) is 6.13. The predicted molar refractivity (Wildman–Crippen MR) is 91.4 cm³/mol. The van der Waals surface area contributed by atoms with Crippen LogP contribution in [0.15, 0.2) is 18.2 Å². The zero-order valence-electron chi connectivity index (χ0n) is 15.3. The average Bonchev–Trinajstić information content (AvgIpc) is 2.60. The maximum Gasteiger partial charge on any atom is 0.471 e. The second-order valence-electron chi connectivity index (χ2n) is 6.36. The molecule has 6 nitrogen and oxygen atoms in total. The van der Waals surface area contributed by atoms with Crippen LogP contribution in [0.25, 0.3) is 0 Å². The molecule has 0 N–H and O–H groups in total. The number of hydrogen-bond donors (Lipinski definition) is 0. The topological polar surface area (TPSA) is 59.1 Å². The number of piperazine rings is 1. The number of alkyl halides is 3. The second-order valence-corrected chi connectivity index (χ2v) is 6.36. The molecule has 0 unspecified atom stereocenters. The highest BCUT2D eigenvalue weighted by Gasteiger charge is 2.43. The number of halogens is 3. The molecule has 0 aliphatic carbocycles. The Hall–Kier alpha value is -2.29. The van der Waals surface area contributed by atoms with Crippen molar-refractivity contribution in [1.29, 1.82) is 0 Å². The molecule has 0 spiro atoms. The maximum absolute atomic E-state index is 12.4. The van der Waals surface area contributed by atoms with Crippen molar-refractivity contribution in [2.75, 3.05) is 45.9 Å². The smallest absolute Gasteiger partial charge is 0.471 e. The van der Waals surface area contributed by atoms with Gasteiger partial charge in [-0.15, -0.1) is 0 Å².